The second-order valence-electron chi connectivity index (χ2n) is 14.6. The molecule has 3 aliphatic rings. The third-order valence-corrected chi connectivity index (χ3v) is 10.9. The zero-order chi connectivity index (χ0) is 37.3. The van der Waals surface area contributed by atoms with Crippen molar-refractivity contribution in [3.8, 4) is 21.7 Å². The molecule has 0 bridgehead atoms. The van der Waals surface area contributed by atoms with Crippen molar-refractivity contribution < 1.29 is 45.9 Å². The van der Waals surface area contributed by atoms with Crippen LogP contribution in [-0.4, -0.2) is 91.7 Å². The fourth-order valence-electron chi connectivity index (χ4n) is 7.29. The Morgan fingerprint density at radius 2 is 1.12 bits per heavy atom. The van der Waals surface area contributed by atoms with Gasteiger partial charge in [-0.05, 0) is 67.9 Å². The molecule has 1 aromatic heterocycles. The molecule has 0 amide bonds. The van der Waals surface area contributed by atoms with E-state index in [0.717, 1.165) is 11.3 Å². The lowest BCUT2D eigenvalue weighted by atomic mass is 9.70. The fourth-order valence-corrected chi connectivity index (χ4v) is 8.02. The molecule has 16 heteroatoms. The first-order chi connectivity index (χ1) is 23.9. The summed E-state index contributed by atoms with van der Waals surface area (Å²) >= 11 is 0.901. The van der Waals surface area contributed by atoms with Crippen LogP contribution in [0.5, 0.6) is 0 Å². The number of carbonyl (C=O) groups is 2. The molecule has 3 fully saturated rings. The highest BCUT2D eigenvalue weighted by molar-refractivity contribution is 7.14. The minimum Gasteiger partial charge on any atom is -0.399 e. The lowest BCUT2D eigenvalue weighted by molar-refractivity contribution is -0.00573. The molecule has 10 nitrogen and oxygen atoms in total. The van der Waals surface area contributed by atoms with Gasteiger partial charge < -0.3 is 28.6 Å². The summed E-state index contributed by atoms with van der Waals surface area (Å²) in [5, 5.41) is 8.32. The van der Waals surface area contributed by atoms with E-state index in [4.69, 9.17) is 18.8 Å². The van der Waals surface area contributed by atoms with Crippen LogP contribution < -0.4 is 15.3 Å². The van der Waals surface area contributed by atoms with Crippen LogP contribution in [0.15, 0.2) is 0 Å². The van der Waals surface area contributed by atoms with Gasteiger partial charge in [-0.25, -0.2) is 17.6 Å². The van der Waals surface area contributed by atoms with Gasteiger partial charge in [-0.3, -0.25) is 9.59 Å². The molecule has 4 atom stereocenters. The van der Waals surface area contributed by atoms with Crippen LogP contribution in [0, 0.1) is 30.2 Å². The topological polar surface area (TPSA) is 103 Å². The van der Waals surface area contributed by atoms with Crippen molar-refractivity contribution in [2.24, 2.45) is 0 Å². The lowest BCUT2D eigenvalue weighted by Crippen LogP contribution is -2.47. The van der Waals surface area contributed by atoms with E-state index in [1.807, 2.05) is 0 Å². The third kappa shape index (κ3) is 6.36. The van der Waals surface area contributed by atoms with Gasteiger partial charge in [-0.1, -0.05) is 11.3 Å². The van der Waals surface area contributed by atoms with Crippen LogP contribution in [0.3, 0.4) is 0 Å². The highest BCUT2D eigenvalue weighted by Crippen LogP contribution is 2.48. The summed E-state index contributed by atoms with van der Waals surface area (Å²) in [6.45, 7) is 15.7. The molecule has 0 radical (unpaired) electrons. The first-order valence-corrected chi connectivity index (χ1v) is 17.7. The Morgan fingerprint density at radius 3 is 1.53 bits per heavy atom. The number of anilines is 2. The van der Waals surface area contributed by atoms with E-state index in [2.05, 4.69) is 10.2 Å². The molecule has 3 aliphatic heterocycles. The maximum Gasteiger partial charge on any atom is 0.498 e. The number of ether oxygens (including phenoxy) is 2. The Bertz CT molecular complexity index is 1860. The highest BCUT2D eigenvalue weighted by Gasteiger charge is 2.54. The van der Waals surface area contributed by atoms with Crippen LogP contribution >= 0.6 is 11.3 Å². The van der Waals surface area contributed by atoms with Crippen molar-refractivity contribution in [2.75, 3.05) is 36.0 Å². The number of halogens is 4. The molecule has 3 aromatic rings. The van der Waals surface area contributed by atoms with Crippen molar-refractivity contribution in [3.63, 3.8) is 0 Å². The molecule has 274 valence electrons. The van der Waals surface area contributed by atoms with Gasteiger partial charge in [0.25, 0.3) is 0 Å². The largest absolute Gasteiger partial charge is 0.498 e. The number of benzene rings is 2. The molecule has 0 spiro atoms. The van der Waals surface area contributed by atoms with Crippen molar-refractivity contribution in [2.45, 2.75) is 97.9 Å². The maximum absolute atomic E-state index is 17.1. The molecule has 3 saturated heterocycles. The van der Waals surface area contributed by atoms with Crippen LogP contribution in [0.1, 0.15) is 81.1 Å². The number of nitrogens with zero attached hydrogens (tertiary/aromatic N) is 4. The summed E-state index contributed by atoms with van der Waals surface area (Å²) in [7, 11) is -1.64. The molecule has 0 aliphatic carbocycles. The summed E-state index contributed by atoms with van der Waals surface area (Å²) in [6.07, 6.45) is -1.08. The van der Waals surface area contributed by atoms with Crippen LogP contribution in [0.25, 0.3) is 21.7 Å². The minimum atomic E-state index is -1.64. The van der Waals surface area contributed by atoms with Crippen LogP contribution in [0.2, 0.25) is 0 Å². The fraction of sp³-hybridized carbons (Fsp3) is 0.543. The summed E-state index contributed by atoms with van der Waals surface area (Å²) in [5.41, 5.74) is -5.68. The van der Waals surface area contributed by atoms with E-state index in [1.54, 1.807) is 62.3 Å². The zero-order valence-electron chi connectivity index (χ0n) is 30.0. The Labute approximate surface area is 298 Å². The number of rotatable bonds is 7. The van der Waals surface area contributed by atoms with Crippen molar-refractivity contribution >= 4 is 47.9 Å². The Balaban J connectivity index is 1.80. The lowest BCUT2D eigenvalue weighted by Gasteiger charge is -2.39. The van der Waals surface area contributed by atoms with Crippen molar-refractivity contribution in [1.82, 2.24) is 10.2 Å². The summed E-state index contributed by atoms with van der Waals surface area (Å²) in [5.74, 6) is -5.57. The van der Waals surface area contributed by atoms with E-state index in [0.29, 0.717) is 17.6 Å². The number of carbonyl (C=O) groups excluding carboxylic acids is 2. The quantitative estimate of drug-likeness (QED) is 0.166. The average molecular weight is 733 g/mol. The van der Waals surface area contributed by atoms with Crippen LogP contribution in [-0.2, 0) is 18.8 Å². The van der Waals surface area contributed by atoms with E-state index < -0.39 is 99.5 Å². The summed E-state index contributed by atoms with van der Waals surface area (Å²) in [4.78, 5) is 29.8. The van der Waals surface area contributed by atoms with Gasteiger partial charge in [-0.15, -0.1) is 10.2 Å². The molecular formula is C35H41BF4N4O6S. The van der Waals surface area contributed by atoms with E-state index >= 15 is 17.6 Å². The van der Waals surface area contributed by atoms with Gasteiger partial charge in [0.1, 0.15) is 5.01 Å². The van der Waals surface area contributed by atoms with E-state index in [9.17, 15) is 9.59 Å². The molecule has 2 aromatic carbocycles. The monoisotopic (exact) mass is 732 g/mol. The van der Waals surface area contributed by atoms with Gasteiger partial charge in [0.2, 0.25) is 0 Å². The smallest absolute Gasteiger partial charge is 0.399 e. The Kier molecular flexibility index (Phi) is 9.89. The predicted octanol–water partition coefficient (Wildman–Crippen LogP) is 5.89. The van der Waals surface area contributed by atoms with Gasteiger partial charge in [0.15, 0.2) is 40.8 Å². The number of morpholine rings is 2. The van der Waals surface area contributed by atoms with Gasteiger partial charge >= 0.3 is 7.12 Å². The molecule has 4 unspecified atom stereocenters. The number of hydrogen-bond acceptors (Lipinski definition) is 11. The average Bonchev–Trinajstić information content (AvgIpc) is 3.55. The molecule has 0 saturated carbocycles. The minimum absolute atomic E-state index is 0.0758. The van der Waals surface area contributed by atoms with Gasteiger partial charge in [0.05, 0.1) is 52.6 Å². The predicted molar refractivity (Wildman–Crippen MR) is 186 cm³/mol. The van der Waals surface area contributed by atoms with Crippen LogP contribution in [0.4, 0.5) is 28.9 Å². The third-order valence-electron chi connectivity index (χ3n) is 10.0. The Morgan fingerprint density at radius 1 is 0.686 bits per heavy atom. The van der Waals surface area contributed by atoms with Gasteiger partial charge in [0, 0.05) is 48.3 Å². The number of aldehydes is 2. The van der Waals surface area contributed by atoms with Gasteiger partial charge in [-0.2, -0.15) is 0 Å². The first kappa shape index (κ1) is 37.3. The molecule has 51 heavy (non-hydrogen) atoms. The number of aromatic nitrogens is 2. The molecule has 0 N–H and O–H groups in total. The zero-order valence-corrected chi connectivity index (χ0v) is 30.8. The maximum atomic E-state index is 17.1. The number of hydrogen-bond donors (Lipinski definition) is 0. The van der Waals surface area contributed by atoms with E-state index in [1.165, 1.54) is 9.80 Å². The van der Waals surface area contributed by atoms with Crippen molar-refractivity contribution in [3.05, 3.63) is 39.4 Å². The van der Waals surface area contributed by atoms with E-state index in [-0.39, 0.29) is 42.3 Å². The van der Waals surface area contributed by atoms with Crippen molar-refractivity contribution in [1.29, 1.82) is 0 Å². The SMILES string of the molecule is Cc1nnc(-c2c(F)c(F)c(N3CC(C)OC(C)C3)c(C=O)c2-c2c(C=O)c(N3CC(C)OC(C)C3)c(F)c(F)c2B2OC(C)(C)C(C)(C)O2)s1. The standard InChI is InChI=1S/C35H41BF4N4O6S/c1-16-10-43(11-17(2)47-16)31-21(14-45)23(25(27(37)29(31)39)33-42-41-20(5)51-33)24-22(15-46)32(44-12-18(3)48-19(4)13-44)30(40)28(38)26(24)36-49-34(6,7)35(8,9)50-36/h14-19H,10-13H2,1-9H3. The normalized spacial score (nSPS) is 24.7. The summed E-state index contributed by atoms with van der Waals surface area (Å²) in [6, 6.07) is 0. The first-order valence-electron chi connectivity index (χ1n) is 16.9. The molecule has 4 heterocycles. The molecule has 6 rings (SSSR count). The second-order valence-corrected chi connectivity index (χ2v) is 15.8. The number of aryl methyl sites for hydroxylation is 1. The highest BCUT2D eigenvalue weighted by atomic mass is 32.1. The Hall–Kier alpha value is -3.44. The summed E-state index contributed by atoms with van der Waals surface area (Å²) < 4.78 is 91.5. The second kappa shape index (κ2) is 13.5. The molecular weight excluding hydrogens is 691 g/mol.